The highest BCUT2D eigenvalue weighted by Gasteiger charge is 2.27. The van der Waals surface area contributed by atoms with E-state index in [1.165, 1.54) is 23.3 Å². The van der Waals surface area contributed by atoms with Crippen molar-refractivity contribution >= 4 is 29.1 Å². The first kappa shape index (κ1) is 6.22. The summed E-state index contributed by atoms with van der Waals surface area (Å²) in [6.07, 6.45) is 2.62. The second-order valence-corrected chi connectivity index (χ2v) is 4.00. The molecule has 1 aliphatic carbocycles. The van der Waals surface area contributed by atoms with Crippen LogP contribution in [0.4, 0.5) is 5.13 Å². The summed E-state index contributed by atoms with van der Waals surface area (Å²) in [6.45, 7) is 0. The molecule has 52 valence electrons. The summed E-state index contributed by atoms with van der Waals surface area (Å²) < 4.78 is 1.31. The van der Waals surface area contributed by atoms with Crippen LogP contribution in [0.3, 0.4) is 0 Å². The van der Waals surface area contributed by atoms with E-state index in [-0.39, 0.29) is 0 Å². The van der Waals surface area contributed by atoms with Crippen LogP contribution in [0.2, 0.25) is 0 Å². The average molecular weight is 152 g/mol. The molecule has 0 bridgehead atoms. The van der Waals surface area contributed by atoms with Crippen LogP contribution in [0.5, 0.6) is 0 Å². The van der Waals surface area contributed by atoms with Crippen LogP contribution in [-0.2, 0) is 0 Å². The molecule has 4 heteroatoms. The van der Waals surface area contributed by atoms with Gasteiger partial charge >= 0.3 is 0 Å². The van der Waals surface area contributed by atoms with E-state index in [0.717, 1.165) is 11.0 Å². The summed E-state index contributed by atoms with van der Waals surface area (Å²) in [6, 6.07) is 0. The molecule has 2 rings (SSSR count). The first-order valence-corrected chi connectivity index (χ1v) is 4.32. The average Bonchev–Trinajstić information content (AvgIpc) is 2.61. The number of nitrogen functional groups attached to an aromatic ring is 1. The molecule has 2 N–H and O–H groups in total. The standard InChI is InChI=1S/C6H9BN2S/c7-5-4(3-1-2-3)9-6(8)10-5/h3H,1-2,7H2,(H2,8,9). The molecule has 1 fully saturated rings. The highest BCUT2D eigenvalue weighted by atomic mass is 32.1. The number of rotatable bonds is 1. The summed E-state index contributed by atoms with van der Waals surface area (Å²) in [7, 11) is 2.10. The van der Waals surface area contributed by atoms with E-state index in [0.29, 0.717) is 0 Å². The van der Waals surface area contributed by atoms with Gasteiger partial charge in [-0.25, -0.2) is 4.98 Å². The third-order valence-electron chi connectivity index (χ3n) is 1.81. The Balaban J connectivity index is 2.38. The third-order valence-corrected chi connectivity index (χ3v) is 2.63. The lowest BCUT2D eigenvalue weighted by molar-refractivity contribution is 1.06. The van der Waals surface area contributed by atoms with Gasteiger partial charge in [-0.3, -0.25) is 0 Å². The molecule has 10 heavy (non-hydrogen) atoms. The molecule has 1 saturated carbocycles. The van der Waals surface area contributed by atoms with Crippen molar-refractivity contribution < 1.29 is 0 Å². The van der Waals surface area contributed by atoms with E-state index in [1.807, 2.05) is 0 Å². The van der Waals surface area contributed by atoms with E-state index >= 15 is 0 Å². The van der Waals surface area contributed by atoms with Crippen LogP contribution >= 0.6 is 11.3 Å². The third kappa shape index (κ3) is 0.924. The monoisotopic (exact) mass is 152 g/mol. The Morgan fingerprint density at radius 2 is 2.30 bits per heavy atom. The number of hydrogen-bond donors (Lipinski definition) is 1. The maximum Gasteiger partial charge on any atom is 0.179 e. The maximum absolute atomic E-state index is 5.55. The van der Waals surface area contributed by atoms with Crippen molar-refractivity contribution in [2.45, 2.75) is 18.8 Å². The van der Waals surface area contributed by atoms with E-state index in [2.05, 4.69) is 12.8 Å². The van der Waals surface area contributed by atoms with Crippen molar-refractivity contribution in [2.75, 3.05) is 5.73 Å². The Hall–Kier alpha value is -0.505. The van der Waals surface area contributed by atoms with Gasteiger partial charge in [0.2, 0.25) is 0 Å². The van der Waals surface area contributed by atoms with Crippen molar-refractivity contribution in [2.24, 2.45) is 0 Å². The predicted octanol–water partition coefficient (Wildman–Crippen LogP) is -0.139. The van der Waals surface area contributed by atoms with Crippen LogP contribution in [-0.4, -0.2) is 12.8 Å². The van der Waals surface area contributed by atoms with E-state index in [1.54, 1.807) is 11.3 Å². The molecule has 0 spiro atoms. The number of thiazole rings is 1. The van der Waals surface area contributed by atoms with Gasteiger partial charge in [0.05, 0.1) is 5.69 Å². The fourth-order valence-corrected chi connectivity index (χ4v) is 1.94. The number of aromatic nitrogens is 1. The topological polar surface area (TPSA) is 38.9 Å². The second-order valence-electron chi connectivity index (χ2n) is 2.77. The molecule has 1 heterocycles. The molecule has 0 radical (unpaired) electrons. The lowest BCUT2D eigenvalue weighted by Crippen LogP contribution is -2.02. The number of nitrogens with zero attached hydrogens (tertiary/aromatic N) is 1. The molecule has 0 atom stereocenters. The molecule has 0 amide bonds. The number of hydrogen-bond acceptors (Lipinski definition) is 3. The van der Waals surface area contributed by atoms with Crippen molar-refractivity contribution in [3.63, 3.8) is 0 Å². The molecule has 0 saturated heterocycles. The van der Waals surface area contributed by atoms with Crippen LogP contribution in [0, 0.1) is 0 Å². The van der Waals surface area contributed by atoms with Crippen molar-refractivity contribution in [3.05, 3.63) is 5.69 Å². The largest absolute Gasteiger partial charge is 0.375 e. The van der Waals surface area contributed by atoms with Crippen LogP contribution in [0.1, 0.15) is 24.5 Å². The van der Waals surface area contributed by atoms with Gasteiger partial charge in [0.1, 0.15) is 0 Å². The van der Waals surface area contributed by atoms with Gasteiger partial charge in [-0.05, 0) is 17.6 Å². The van der Waals surface area contributed by atoms with Gasteiger partial charge in [-0.1, -0.05) is 0 Å². The van der Waals surface area contributed by atoms with Crippen molar-refractivity contribution in [1.29, 1.82) is 0 Å². The van der Waals surface area contributed by atoms with Crippen LogP contribution < -0.4 is 10.5 Å². The predicted molar refractivity (Wildman–Crippen MR) is 46.7 cm³/mol. The molecule has 1 aromatic rings. The number of nitrogens with two attached hydrogens (primary N) is 1. The van der Waals surface area contributed by atoms with Gasteiger partial charge in [-0.2, -0.15) is 0 Å². The summed E-state index contributed by atoms with van der Waals surface area (Å²) in [4.78, 5) is 4.27. The summed E-state index contributed by atoms with van der Waals surface area (Å²) in [5.41, 5.74) is 6.80. The minimum absolute atomic E-state index is 0.722. The normalized spacial score (nSPS) is 17.6. The Morgan fingerprint density at radius 1 is 1.60 bits per heavy atom. The summed E-state index contributed by atoms with van der Waals surface area (Å²) >= 11 is 1.60. The smallest absolute Gasteiger partial charge is 0.179 e. The Kier molecular flexibility index (Phi) is 1.24. The lowest BCUT2D eigenvalue weighted by atomic mass is 10.0. The summed E-state index contributed by atoms with van der Waals surface area (Å²) in [5, 5.41) is 0.722. The van der Waals surface area contributed by atoms with Crippen molar-refractivity contribution in [1.82, 2.24) is 4.98 Å². The van der Waals surface area contributed by atoms with Gasteiger partial charge < -0.3 is 5.73 Å². The maximum atomic E-state index is 5.55. The molecule has 1 aromatic heterocycles. The zero-order valence-electron chi connectivity index (χ0n) is 5.92. The van der Waals surface area contributed by atoms with Crippen molar-refractivity contribution in [3.8, 4) is 0 Å². The lowest BCUT2D eigenvalue weighted by Gasteiger charge is -1.88. The highest BCUT2D eigenvalue weighted by Crippen LogP contribution is 2.39. The first-order chi connectivity index (χ1) is 4.77. The Labute approximate surface area is 64.9 Å². The minimum Gasteiger partial charge on any atom is -0.375 e. The molecular formula is C6H9BN2S. The quantitative estimate of drug-likeness (QED) is 0.569. The molecule has 0 unspecified atom stereocenters. The minimum atomic E-state index is 0.722. The molecule has 1 aliphatic rings. The van der Waals surface area contributed by atoms with Crippen LogP contribution in [0.15, 0.2) is 0 Å². The molecule has 0 aliphatic heterocycles. The SMILES string of the molecule is Bc1sc(N)nc1C1CC1. The van der Waals surface area contributed by atoms with Gasteiger partial charge in [-0.15, -0.1) is 11.3 Å². The molecule has 2 nitrogen and oxygen atoms in total. The van der Waals surface area contributed by atoms with Gasteiger partial charge in [0, 0.05) is 5.92 Å². The fraction of sp³-hybridized carbons (Fsp3) is 0.500. The van der Waals surface area contributed by atoms with E-state index < -0.39 is 0 Å². The first-order valence-electron chi connectivity index (χ1n) is 3.50. The van der Waals surface area contributed by atoms with Crippen LogP contribution in [0.25, 0.3) is 0 Å². The van der Waals surface area contributed by atoms with Gasteiger partial charge in [0.15, 0.2) is 13.0 Å². The zero-order chi connectivity index (χ0) is 7.14. The fourth-order valence-electron chi connectivity index (χ4n) is 1.16. The highest BCUT2D eigenvalue weighted by molar-refractivity contribution is 7.23. The zero-order valence-corrected chi connectivity index (χ0v) is 6.74. The van der Waals surface area contributed by atoms with Gasteiger partial charge in [0.25, 0.3) is 0 Å². The second kappa shape index (κ2) is 1.99. The van der Waals surface area contributed by atoms with E-state index in [9.17, 15) is 0 Å². The Bertz CT molecular complexity index is 254. The van der Waals surface area contributed by atoms with E-state index in [4.69, 9.17) is 5.73 Å². The number of anilines is 1. The molecular weight excluding hydrogens is 143 g/mol. The Morgan fingerprint density at radius 3 is 2.70 bits per heavy atom. The summed E-state index contributed by atoms with van der Waals surface area (Å²) in [5.74, 6) is 0.744. The molecule has 0 aromatic carbocycles.